The summed E-state index contributed by atoms with van der Waals surface area (Å²) >= 11 is 0. The third kappa shape index (κ3) is 0.968. The highest BCUT2D eigenvalue weighted by molar-refractivity contribution is 4.97. The molecule has 0 aromatic carbocycles. The van der Waals surface area contributed by atoms with Crippen LogP contribution in [0.4, 0.5) is 0 Å². The smallest absolute Gasteiger partial charge is 0.0919 e. The van der Waals surface area contributed by atoms with E-state index in [4.69, 9.17) is 4.74 Å². The molecule has 10 heavy (non-hydrogen) atoms. The quantitative estimate of drug-likeness (QED) is 0.470. The number of hydrogen-bond donors (Lipinski definition) is 0. The highest BCUT2D eigenvalue weighted by atomic mass is 16.6. The second kappa shape index (κ2) is 1.97. The lowest BCUT2D eigenvalue weighted by molar-refractivity contribution is 0.155. The topological polar surface area (TPSA) is 12.5 Å². The van der Waals surface area contributed by atoms with Gasteiger partial charge in [0.25, 0.3) is 0 Å². The number of epoxide rings is 1. The second-order valence-corrected chi connectivity index (χ2v) is 4.17. The molecule has 0 N–H and O–H groups in total. The van der Waals surface area contributed by atoms with Crippen LogP contribution in [-0.4, -0.2) is 12.2 Å². The van der Waals surface area contributed by atoms with Crippen LogP contribution in [0.15, 0.2) is 0 Å². The lowest BCUT2D eigenvalue weighted by Gasteiger charge is -2.29. The molecule has 1 saturated heterocycles. The van der Waals surface area contributed by atoms with Gasteiger partial charge in [0.1, 0.15) is 0 Å². The molecule has 2 rings (SSSR count). The van der Waals surface area contributed by atoms with Crippen LogP contribution in [0.25, 0.3) is 0 Å². The normalized spacial score (nSPS) is 53.4. The molecule has 0 bridgehead atoms. The number of ether oxygens (including phenoxy) is 1. The summed E-state index contributed by atoms with van der Waals surface area (Å²) in [5.41, 5.74) is 0.381. The van der Waals surface area contributed by atoms with E-state index in [9.17, 15) is 0 Å². The maximum atomic E-state index is 5.46. The summed E-state index contributed by atoms with van der Waals surface area (Å²) in [5, 5.41) is 0. The summed E-state index contributed by atoms with van der Waals surface area (Å²) < 4.78 is 5.46. The SMILES string of the molecule is CC1CCC2(CO2)CC1C. The van der Waals surface area contributed by atoms with Crippen molar-refractivity contribution in [2.45, 2.75) is 38.7 Å². The average molecular weight is 140 g/mol. The van der Waals surface area contributed by atoms with E-state index < -0.39 is 0 Å². The minimum atomic E-state index is 0.381. The van der Waals surface area contributed by atoms with Gasteiger partial charge >= 0.3 is 0 Å². The average Bonchev–Trinajstić information content (AvgIpc) is 2.62. The maximum Gasteiger partial charge on any atom is 0.0919 e. The van der Waals surface area contributed by atoms with Gasteiger partial charge in [-0.25, -0.2) is 0 Å². The molecule has 1 aliphatic heterocycles. The molecular formula is C9H16O. The van der Waals surface area contributed by atoms with E-state index in [0.29, 0.717) is 5.60 Å². The molecule has 58 valence electrons. The molecule has 1 heteroatoms. The Morgan fingerprint density at radius 1 is 1.30 bits per heavy atom. The molecule has 0 aromatic rings. The van der Waals surface area contributed by atoms with Crippen LogP contribution >= 0.6 is 0 Å². The third-order valence-electron chi connectivity index (χ3n) is 3.27. The van der Waals surface area contributed by atoms with Crippen molar-refractivity contribution in [1.82, 2.24) is 0 Å². The maximum absolute atomic E-state index is 5.46. The fraction of sp³-hybridized carbons (Fsp3) is 1.00. The Hall–Kier alpha value is -0.0400. The van der Waals surface area contributed by atoms with Gasteiger partial charge in [-0.3, -0.25) is 0 Å². The summed E-state index contributed by atoms with van der Waals surface area (Å²) in [5.74, 6) is 1.81. The van der Waals surface area contributed by atoms with Crippen molar-refractivity contribution >= 4 is 0 Å². The van der Waals surface area contributed by atoms with Crippen LogP contribution < -0.4 is 0 Å². The zero-order valence-corrected chi connectivity index (χ0v) is 6.89. The van der Waals surface area contributed by atoms with Crippen molar-refractivity contribution in [3.63, 3.8) is 0 Å². The van der Waals surface area contributed by atoms with E-state index in [1.807, 2.05) is 0 Å². The first kappa shape index (κ1) is 6.66. The van der Waals surface area contributed by atoms with Crippen LogP contribution in [0.5, 0.6) is 0 Å². The molecule has 2 fully saturated rings. The van der Waals surface area contributed by atoms with Gasteiger partial charge in [0, 0.05) is 0 Å². The molecule has 0 aromatic heterocycles. The zero-order valence-electron chi connectivity index (χ0n) is 6.89. The fourth-order valence-electron chi connectivity index (χ4n) is 2.03. The third-order valence-corrected chi connectivity index (χ3v) is 3.27. The van der Waals surface area contributed by atoms with Crippen LogP contribution in [-0.2, 0) is 4.74 Å². The molecule has 3 atom stereocenters. The Balaban J connectivity index is 1.98. The molecular weight excluding hydrogens is 124 g/mol. The largest absolute Gasteiger partial charge is 0.370 e. The van der Waals surface area contributed by atoms with Gasteiger partial charge in [0.2, 0.25) is 0 Å². The van der Waals surface area contributed by atoms with Gasteiger partial charge in [-0.05, 0) is 31.1 Å². The fourth-order valence-corrected chi connectivity index (χ4v) is 2.03. The van der Waals surface area contributed by atoms with Gasteiger partial charge in [-0.15, -0.1) is 0 Å². The van der Waals surface area contributed by atoms with Crippen molar-refractivity contribution in [3.8, 4) is 0 Å². The highest BCUT2D eigenvalue weighted by Gasteiger charge is 2.48. The van der Waals surface area contributed by atoms with Crippen molar-refractivity contribution in [2.24, 2.45) is 11.8 Å². The Morgan fingerprint density at radius 3 is 2.50 bits per heavy atom. The van der Waals surface area contributed by atoms with Gasteiger partial charge in [-0.2, -0.15) is 0 Å². The lowest BCUT2D eigenvalue weighted by Crippen LogP contribution is -2.26. The Bertz CT molecular complexity index is 138. The first-order chi connectivity index (χ1) is 4.72. The van der Waals surface area contributed by atoms with E-state index in [0.717, 1.165) is 18.4 Å². The Morgan fingerprint density at radius 2 is 2.00 bits per heavy atom. The van der Waals surface area contributed by atoms with E-state index in [1.165, 1.54) is 19.3 Å². The standard InChI is InChI=1S/C9H16O/c1-7-3-4-9(6-10-9)5-8(7)2/h7-8H,3-6H2,1-2H3. The predicted molar refractivity (Wildman–Crippen MR) is 40.9 cm³/mol. The number of hydrogen-bond acceptors (Lipinski definition) is 1. The van der Waals surface area contributed by atoms with Crippen LogP contribution in [0, 0.1) is 11.8 Å². The molecule has 1 aliphatic carbocycles. The molecule has 0 radical (unpaired) electrons. The molecule has 2 aliphatic rings. The first-order valence-corrected chi connectivity index (χ1v) is 4.36. The Kier molecular flexibility index (Phi) is 1.31. The molecule has 1 nitrogen and oxygen atoms in total. The van der Waals surface area contributed by atoms with E-state index in [-0.39, 0.29) is 0 Å². The van der Waals surface area contributed by atoms with Gasteiger partial charge in [0.15, 0.2) is 0 Å². The van der Waals surface area contributed by atoms with Crippen molar-refractivity contribution < 1.29 is 4.74 Å². The highest BCUT2D eigenvalue weighted by Crippen LogP contribution is 2.45. The zero-order chi connectivity index (χ0) is 7.19. The summed E-state index contributed by atoms with van der Waals surface area (Å²) in [6, 6.07) is 0. The first-order valence-electron chi connectivity index (χ1n) is 4.36. The van der Waals surface area contributed by atoms with Crippen LogP contribution in [0.1, 0.15) is 33.1 Å². The molecule has 1 spiro atoms. The van der Waals surface area contributed by atoms with Crippen molar-refractivity contribution in [2.75, 3.05) is 6.61 Å². The lowest BCUT2D eigenvalue weighted by atomic mass is 9.76. The summed E-state index contributed by atoms with van der Waals surface area (Å²) in [4.78, 5) is 0. The van der Waals surface area contributed by atoms with E-state index in [2.05, 4.69) is 13.8 Å². The summed E-state index contributed by atoms with van der Waals surface area (Å²) in [6.07, 6.45) is 4.01. The van der Waals surface area contributed by atoms with E-state index in [1.54, 1.807) is 0 Å². The molecule has 1 saturated carbocycles. The van der Waals surface area contributed by atoms with Gasteiger partial charge < -0.3 is 4.74 Å². The monoisotopic (exact) mass is 140 g/mol. The van der Waals surface area contributed by atoms with E-state index >= 15 is 0 Å². The second-order valence-electron chi connectivity index (χ2n) is 4.17. The minimum Gasteiger partial charge on any atom is -0.370 e. The van der Waals surface area contributed by atoms with Crippen molar-refractivity contribution in [1.29, 1.82) is 0 Å². The molecule has 3 unspecified atom stereocenters. The number of rotatable bonds is 0. The Labute approximate surface area is 62.8 Å². The van der Waals surface area contributed by atoms with Crippen molar-refractivity contribution in [3.05, 3.63) is 0 Å². The predicted octanol–water partition coefficient (Wildman–Crippen LogP) is 2.21. The van der Waals surface area contributed by atoms with Gasteiger partial charge in [0.05, 0.1) is 12.2 Å². The molecule has 0 amide bonds. The minimum absolute atomic E-state index is 0.381. The van der Waals surface area contributed by atoms with Gasteiger partial charge in [-0.1, -0.05) is 13.8 Å². The van der Waals surface area contributed by atoms with Crippen LogP contribution in [0.2, 0.25) is 0 Å². The van der Waals surface area contributed by atoms with Crippen LogP contribution in [0.3, 0.4) is 0 Å². The molecule has 1 heterocycles. The summed E-state index contributed by atoms with van der Waals surface area (Å²) in [7, 11) is 0. The summed E-state index contributed by atoms with van der Waals surface area (Å²) in [6.45, 7) is 5.76.